The summed E-state index contributed by atoms with van der Waals surface area (Å²) in [7, 11) is 0. The van der Waals surface area contributed by atoms with Crippen molar-refractivity contribution >= 4 is 21.9 Å². The average Bonchev–Trinajstić information content (AvgIpc) is 2.58. The van der Waals surface area contributed by atoms with Crippen molar-refractivity contribution in [1.29, 1.82) is 0 Å². The molecule has 1 heterocycles. The molecule has 0 amide bonds. The SMILES string of the molecule is Cc1cc(F)c(Br)cc1-n1ccnc1N. The van der Waals surface area contributed by atoms with Gasteiger partial charge >= 0.3 is 0 Å². The van der Waals surface area contributed by atoms with Gasteiger partial charge in [0.05, 0.1) is 10.2 Å². The highest BCUT2D eigenvalue weighted by atomic mass is 79.9. The minimum absolute atomic E-state index is 0.282. The molecule has 0 spiro atoms. The Morgan fingerprint density at radius 1 is 1.47 bits per heavy atom. The van der Waals surface area contributed by atoms with E-state index < -0.39 is 0 Å². The van der Waals surface area contributed by atoms with Crippen LogP contribution in [0, 0.1) is 12.7 Å². The number of hydrogen-bond acceptors (Lipinski definition) is 2. The lowest BCUT2D eigenvalue weighted by molar-refractivity contribution is 0.619. The van der Waals surface area contributed by atoms with E-state index in [1.54, 1.807) is 23.0 Å². The van der Waals surface area contributed by atoms with Gasteiger partial charge in [0.2, 0.25) is 5.95 Å². The zero-order valence-electron chi connectivity index (χ0n) is 8.04. The molecular weight excluding hydrogens is 261 g/mol. The molecule has 0 radical (unpaired) electrons. The largest absolute Gasteiger partial charge is 0.369 e. The van der Waals surface area contributed by atoms with Crippen LogP contribution in [0.5, 0.6) is 0 Å². The van der Waals surface area contributed by atoms with E-state index in [2.05, 4.69) is 20.9 Å². The Bertz CT molecular complexity index is 507. The Balaban J connectivity index is 2.64. The van der Waals surface area contributed by atoms with Gasteiger partial charge in [0, 0.05) is 12.4 Å². The van der Waals surface area contributed by atoms with Crippen molar-refractivity contribution in [1.82, 2.24) is 9.55 Å². The molecule has 0 aliphatic carbocycles. The second-order valence-electron chi connectivity index (χ2n) is 3.21. The van der Waals surface area contributed by atoms with Crippen LogP contribution in [0.25, 0.3) is 5.69 Å². The maximum absolute atomic E-state index is 13.2. The molecule has 0 aliphatic rings. The average molecular weight is 270 g/mol. The first kappa shape index (κ1) is 10.2. The molecule has 78 valence electrons. The van der Waals surface area contributed by atoms with Crippen LogP contribution < -0.4 is 5.73 Å². The summed E-state index contributed by atoms with van der Waals surface area (Å²) in [5.74, 6) is 0.103. The van der Waals surface area contributed by atoms with Gasteiger partial charge in [0.25, 0.3) is 0 Å². The molecule has 0 saturated heterocycles. The third kappa shape index (κ3) is 1.74. The van der Waals surface area contributed by atoms with E-state index in [4.69, 9.17) is 5.73 Å². The van der Waals surface area contributed by atoms with E-state index in [0.29, 0.717) is 10.4 Å². The van der Waals surface area contributed by atoms with Crippen molar-refractivity contribution in [2.45, 2.75) is 6.92 Å². The molecule has 2 N–H and O–H groups in total. The Morgan fingerprint density at radius 3 is 2.80 bits per heavy atom. The lowest BCUT2D eigenvalue weighted by Gasteiger charge is -2.09. The number of aromatic nitrogens is 2. The van der Waals surface area contributed by atoms with Gasteiger partial charge in [0.15, 0.2) is 0 Å². The molecule has 1 aromatic carbocycles. The molecule has 15 heavy (non-hydrogen) atoms. The Morgan fingerprint density at radius 2 is 2.20 bits per heavy atom. The van der Waals surface area contributed by atoms with Gasteiger partial charge in [0.1, 0.15) is 5.82 Å². The molecule has 1 aromatic heterocycles. The molecule has 0 atom stereocenters. The second-order valence-corrected chi connectivity index (χ2v) is 4.06. The van der Waals surface area contributed by atoms with Crippen LogP contribution in [-0.4, -0.2) is 9.55 Å². The molecule has 0 unspecified atom stereocenters. The number of halogens is 2. The zero-order chi connectivity index (χ0) is 11.0. The first-order valence-electron chi connectivity index (χ1n) is 4.34. The van der Waals surface area contributed by atoms with E-state index in [9.17, 15) is 4.39 Å². The Labute approximate surface area is 94.9 Å². The van der Waals surface area contributed by atoms with Gasteiger partial charge in [-0.05, 0) is 40.5 Å². The monoisotopic (exact) mass is 269 g/mol. The number of aryl methyl sites for hydroxylation is 1. The highest BCUT2D eigenvalue weighted by Crippen LogP contribution is 2.24. The summed E-state index contributed by atoms with van der Waals surface area (Å²) in [5, 5.41) is 0. The number of nitrogens with two attached hydrogens (primary N) is 1. The first-order chi connectivity index (χ1) is 7.09. The lowest BCUT2D eigenvalue weighted by atomic mass is 10.2. The summed E-state index contributed by atoms with van der Waals surface area (Å²) in [6.45, 7) is 1.82. The molecule has 0 aliphatic heterocycles. The number of nitrogens with zero attached hydrogens (tertiary/aromatic N) is 2. The first-order valence-corrected chi connectivity index (χ1v) is 5.13. The predicted molar refractivity (Wildman–Crippen MR) is 60.4 cm³/mol. The summed E-state index contributed by atoms with van der Waals surface area (Å²) in [5.41, 5.74) is 7.30. The van der Waals surface area contributed by atoms with Gasteiger partial charge in [-0.3, -0.25) is 4.57 Å². The van der Waals surface area contributed by atoms with Crippen LogP contribution in [0.3, 0.4) is 0 Å². The van der Waals surface area contributed by atoms with Crippen LogP contribution in [0.1, 0.15) is 5.56 Å². The van der Waals surface area contributed by atoms with Crippen molar-refractivity contribution in [3.8, 4) is 5.69 Å². The van der Waals surface area contributed by atoms with Crippen LogP contribution in [-0.2, 0) is 0 Å². The van der Waals surface area contributed by atoms with Crippen molar-refractivity contribution < 1.29 is 4.39 Å². The topological polar surface area (TPSA) is 43.8 Å². The second kappa shape index (κ2) is 3.66. The van der Waals surface area contributed by atoms with Gasteiger partial charge in [-0.1, -0.05) is 0 Å². The smallest absolute Gasteiger partial charge is 0.204 e. The maximum atomic E-state index is 13.2. The van der Waals surface area contributed by atoms with Gasteiger partial charge in [-0.15, -0.1) is 0 Å². The molecule has 3 nitrogen and oxygen atoms in total. The zero-order valence-corrected chi connectivity index (χ0v) is 9.62. The fourth-order valence-corrected chi connectivity index (χ4v) is 1.75. The van der Waals surface area contributed by atoms with Crippen LogP contribution in [0.2, 0.25) is 0 Å². The predicted octanol–water partition coefficient (Wildman–Crippen LogP) is 2.66. The molecule has 0 saturated carbocycles. The van der Waals surface area contributed by atoms with E-state index in [1.807, 2.05) is 6.92 Å². The summed E-state index contributed by atoms with van der Waals surface area (Å²) >= 11 is 3.14. The van der Waals surface area contributed by atoms with Gasteiger partial charge in [-0.25, -0.2) is 9.37 Å². The number of anilines is 1. The molecule has 2 rings (SSSR count). The number of nitrogen functional groups attached to an aromatic ring is 1. The number of imidazole rings is 1. The van der Waals surface area contributed by atoms with E-state index in [0.717, 1.165) is 11.3 Å². The van der Waals surface area contributed by atoms with Crippen molar-refractivity contribution in [3.05, 3.63) is 40.4 Å². The standard InChI is InChI=1S/C10H9BrFN3/c1-6-4-8(12)7(11)5-9(6)15-3-2-14-10(15)13/h2-5H,1H3,(H2,13,14). The Hall–Kier alpha value is -1.36. The van der Waals surface area contributed by atoms with Crippen molar-refractivity contribution in [3.63, 3.8) is 0 Å². The maximum Gasteiger partial charge on any atom is 0.204 e. The Kier molecular flexibility index (Phi) is 2.48. The lowest BCUT2D eigenvalue weighted by Crippen LogP contribution is -2.02. The highest BCUT2D eigenvalue weighted by Gasteiger charge is 2.08. The quantitative estimate of drug-likeness (QED) is 0.865. The van der Waals surface area contributed by atoms with Crippen LogP contribution in [0.15, 0.2) is 29.0 Å². The van der Waals surface area contributed by atoms with Crippen LogP contribution >= 0.6 is 15.9 Å². The third-order valence-electron chi connectivity index (χ3n) is 2.17. The molecule has 0 fully saturated rings. The summed E-state index contributed by atoms with van der Waals surface area (Å²) in [4.78, 5) is 3.92. The van der Waals surface area contributed by atoms with Gasteiger partial charge in [-0.2, -0.15) is 0 Å². The normalized spacial score (nSPS) is 10.6. The van der Waals surface area contributed by atoms with E-state index in [1.165, 1.54) is 6.07 Å². The summed E-state index contributed by atoms with van der Waals surface area (Å²) in [6.07, 6.45) is 3.34. The fraction of sp³-hybridized carbons (Fsp3) is 0.100. The number of benzene rings is 1. The summed E-state index contributed by atoms with van der Waals surface area (Å²) in [6, 6.07) is 3.14. The number of rotatable bonds is 1. The van der Waals surface area contributed by atoms with Crippen LogP contribution in [0.4, 0.5) is 10.3 Å². The highest BCUT2D eigenvalue weighted by molar-refractivity contribution is 9.10. The molecular formula is C10H9BrFN3. The molecule has 0 bridgehead atoms. The van der Waals surface area contributed by atoms with Crippen molar-refractivity contribution in [2.24, 2.45) is 0 Å². The summed E-state index contributed by atoms with van der Waals surface area (Å²) < 4.78 is 15.3. The third-order valence-corrected chi connectivity index (χ3v) is 2.78. The molecule has 5 heteroatoms. The fourth-order valence-electron chi connectivity index (χ4n) is 1.41. The van der Waals surface area contributed by atoms with E-state index >= 15 is 0 Å². The minimum atomic E-state index is -0.282. The van der Waals surface area contributed by atoms with Gasteiger partial charge < -0.3 is 5.73 Å². The molecule has 2 aromatic rings. The van der Waals surface area contributed by atoms with Crippen molar-refractivity contribution in [2.75, 3.05) is 5.73 Å². The van der Waals surface area contributed by atoms with E-state index in [-0.39, 0.29) is 5.82 Å². The number of hydrogen-bond donors (Lipinski definition) is 1. The minimum Gasteiger partial charge on any atom is -0.369 e.